The molecule has 0 unspecified atom stereocenters. The van der Waals surface area contributed by atoms with E-state index in [4.69, 9.17) is 14.6 Å². The van der Waals surface area contributed by atoms with E-state index in [0.717, 1.165) is 5.56 Å². The van der Waals surface area contributed by atoms with Crippen LogP contribution in [0.4, 0.5) is 0 Å². The maximum absolute atomic E-state index is 9.07. The number of ether oxygens (including phenoxy) is 2. The lowest BCUT2D eigenvalue weighted by Gasteiger charge is -2.19. The fraction of sp³-hybridized carbons (Fsp3) is 0.538. The molecule has 0 aromatic heterocycles. The minimum absolute atomic E-state index is 0.0754. The average molecular weight is 220 g/mol. The topological polar surface area (TPSA) is 45.3 Å². The van der Waals surface area contributed by atoms with Gasteiger partial charge in [0.05, 0.1) is 0 Å². The summed E-state index contributed by atoms with van der Waals surface area (Å²) < 4.78 is 10.7. The predicted octanol–water partition coefficient (Wildman–Crippen LogP) is 1.89. The van der Waals surface area contributed by atoms with E-state index >= 15 is 0 Å². The van der Waals surface area contributed by atoms with E-state index in [2.05, 4.69) is 32.9 Å². The fourth-order valence-corrected chi connectivity index (χ4v) is 2.12. The van der Waals surface area contributed by atoms with Gasteiger partial charge in [0.15, 0.2) is 0 Å². The highest BCUT2D eigenvalue weighted by Gasteiger charge is 2.91. The largest absolute Gasteiger partial charge is 0.391 e. The maximum atomic E-state index is 9.07. The Hall–Kier alpha value is -0.900. The SMILES string of the molecule is CC(C)(C)c1ccc(C23OC2(CO)O3)cc1. The molecule has 0 bridgehead atoms. The number of benzene rings is 1. The highest BCUT2D eigenvalue weighted by atomic mass is 17.1. The molecule has 3 nitrogen and oxygen atoms in total. The predicted molar refractivity (Wildman–Crippen MR) is 58.8 cm³/mol. The highest BCUT2D eigenvalue weighted by Crippen LogP contribution is 2.73. The molecule has 16 heavy (non-hydrogen) atoms. The molecular formula is C13H16O3. The molecule has 2 heterocycles. The van der Waals surface area contributed by atoms with Gasteiger partial charge in [-0.3, -0.25) is 0 Å². The first-order chi connectivity index (χ1) is 7.44. The molecule has 0 spiro atoms. The van der Waals surface area contributed by atoms with Crippen LogP contribution in [0.25, 0.3) is 0 Å². The second-order valence-corrected chi connectivity index (χ2v) is 5.56. The monoisotopic (exact) mass is 220 g/mol. The number of fused-ring (bicyclic) bond motifs is 1. The van der Waals surface area contributed by atoms with Gasteiger partial charge in [0.2, 0.25) is 0 Å². The maximum Gasteiger partial charge on any atom is 0.259 e. The van der Waals surface area contributed by atoms with Gasteiger partial charge in [-0.15, -0.1) is 0 Å². The first-order valence-electron chi connectivity index (χ1n) is 5.56. The van der Waals surface area contributed by atoms with E-state index in [0.29, 0.717) is 0 Å². The number of epoxide rings is 2. The zero-order chi connectivity index (χ0) is 11.6. The zero-order valence-corrected chi connectivity index (χ0v) is 9.78. The van der Waals surface area contributed by atoms with E-state index in [1.54, 1.807) is 0 Å². The Bertz CT molecular complexity index is 421. The van der Waals surface area contributed by atoms with Gasteiger partial charge in [0.25, 0.3) is 11.6 Å². The number of hydrogen-bond donors (Lipinski definition) is 1. The van der Waals surface area contributed by atoms with Gasteiger partial charge >= 0.3 is 0 Å². The third kappa shape index (κ3) is 1.14. The quantitative estimate of drug-likeness (QED) is 0.774. The first-order valence-corrected chi connectivity index (χ1v) is 5.56. The van der Waals surface area contributed by atoms with Crippen LogP contribution in [0, 0.1) is 0 Å². The van der Waals surface area contributed by atoms with Crippen molar-refractivity contribution >= 4 is 0 Å². The number of hydrogen-bond acceptors (Lipinski definition) is 3. The molecular weight excluding hydrogens is 204 g/mol. The first kappa shape index (κ1) is 10.3. The summed E-state index contributed by atoms with van der Waals surface area (Å²) >= 11 is 0. The molecule has 3 rings (SSSR count). The summed E-state index contributed by atoms with van der Waals surface area (Å²) in [5.74, 6) is -1.34. The van der Waals surface area contributed by atoms with Crippen LogP contribution in [0.3, 0.4) is 0 Å². The Morgan fingerprint density at radius 3 is 2.06 bits per heavy atom. The summed E-state index contributed by atoms with van der Waals surface area (Å²) in [5, 5.41) is 9.07. The van der Waals surface area contributed by atoms with Crippen molar-refractivity contribution in [2.45, 2.75) is 37.8 Å². The summed E-state index contributed by atoms with van der Waals surface area (Å²) in [5.41, 5.74) is 2.43. The second-order valence-electron chi connectivity index (χ2n) is 5.56. The molecule has 2 saturated heterocycles. The number of aliphatic hydroxyl groups excluding tert-OH is 1. The molecule has 2 fully saturated rings. The van der Waals surface area contributed by atoms with E-state index in [1.165, 1.54) is 5.56 Å². The van der Waals surface area contributed by atoms with E-state index in [1.807, 2.05) is 12.1 Å². The van der Waals surface area contributed by atoms with E-state index in [9.17, 15) is 0 Å². The lowest BCUT2D eigenvalue weighted by molar-refractivity contribution is -0.114. The minimum atomic E-state index is -0.712. The van der Waals surface area contributed by atoms with Crippen LogP contribution in [0.2, 0.25) is 0 Å². The van der Waals surface area contributed by atoms with Gasteiger partial charge in [-0.05, 0) is 11.0 Å². The number of rotatable bonds is 2. The van der Waals surface area contributed by atoms with Gasteiger partial charge in [-0.1, -0.05) is 45.0 Å². The van der Waals surface area contributed by atoms with Crippen molar-refractivity contribution in [1.82, 2.24) is 0 Å². The molecule has 1 aromatic rings. The zero-order valence-electron chi connectivity index (χ0n) is 9.78. The lowest BCUT2D eigenvalue weighted by atomic mass is 9.86. The molecule has 0 saturated carbocycles. The summed E-state index contributed by atoms with van der Waals surface area (Å²) in [7, 11) is 0. The van der Waals surface area contributed by atoms with E-state index in [-0.39, 0.29) is 12.0 Å². The van der Waals surface area contributed by atoms with Crippen LogP contribution in [-0.2, 0) is 20.7 Å². The minimum Gasteiger partial charge on any atom is -0.391 e. The Labute approximate surface area is 95.0 Å². The summed E-state index contributed by atoms with van der Waals surface area (Å²) in [6, 6.07) is 8.22. The molecule has 0 amide bonds. The van der Waals surface area contributed by atoms with Crippen molar-refractivity contribution in [2.75, 3.05) is 6.61 Å². The van der Waals surface area contributed by atoms with Crippen LogP contribution < -0.4 is 0 Å². The van der Waals surface area contributed by atoms with E-state index < -0.39 is 11.6 Å². The third-order valence-corrected chi connectivity index (χ3v) is 3.37. The van der Waals surface area contributed by atoms with Crippen LogP contribution in [-0.4, -0.2) is 17.5 Å². The number of aliphatic hydroxyl groups is 1. The Balaban J connectivity index is 1.86. The molecule has 1 N–H and O–H groups in total. The normalized spacial score (nSPS) is 35.8. The van der Waals surface area contributed by atoms with Crippen molar-refractivity contribution in [3.63, 3.8) is 0 Å². The van der Waals surface area contributed by atoms with Crippen LogP contribution in [0.5, 0.6) is 0 Å². The smallest absolute Gasteiger partial charge is 0.259 e. The van der Waals surface area contributed by atoms with Crippen molar-refractivity contribution < 1.29 is 14.6 Å². The Morgan fingerprint density at radius 2 is 1.69 bits per heavy atom. The molecule has 0 aliphatic carbocycles. The Morgan fingerprint density at radius 1 is 1.12 bits per heavy atom. The van der Waals surface area contributed by atoms with Crippen LogP contribution >= 0.6 is 0 Å². The third-order valence-electron chi connectivity index (χ3n) is 3.37. The van der Waals surface area contributed by atoms with Gasteiger partial charge in [-0.25, -0.2) is 0 Å². The van der Waals surface area contributed by atoms with Gasteiger partial charge in [0.1, 0.15) is 6.61 Å². The molecule has 3 heteroatoms. The standard InChI is InChI=1S/C13H16O3/c1-11(2,3)9-4-6-10(7-5-9)13-12(8-14,15-13)16-13/h4-7,14H,8H2,1-3H3. The lowest BCUT2D eigenvalue weighted by Crippen LogP contribution is -2.11. The summed E-state index contributed by atoms with van der Waals surface area (Å²) in [4.78, 5) is 0. The molecule has 0 radical (unpaired) electrons. The van der Waals surface area contributed by atoms with Gasteiger partial charge < -0.3 is 14.6 Å². The fourth-order valence-electron chi connectivity index (χ4n) is 2.12. The van der Waals surface area contributed by atoms with Gasteiger partial charge in [-0.2, -0.15) is 0 Å². The van der Waals surface area contributed by atoms with Crippen molar-refractivity contribution in [2.24, 2.45) is 0 Å². The molecule has 2 aliphatic heterocycles. The summed E-state index contributed by atoms with van der Waals surface area (Å²) in [6.45, 7) is 6.46. The molecule has 86 valence electrons. The molecule has 1 aromatic carbocycles. The second kappa shape index (κ2) is 2.67. The van der Waals surface area contributed by atoms with Gasteiger partial charge in [0, 0.05) is 5.56 Å². The van der Waals surface area contributed by atoms with Crippen LogP contribution in [0.15, 0.2) is 24.3 Å². The summed E-state index contributed by atoms with van der Waals surface area (Å²) in [6.07, 6.45) is 0. The molecule has 2 aliphatic rings. The highest BCUT2D eigenvalue weighted by molar-refractivity contribution is 5.39. The molecule has 0 atom stereocenters. The van der Waals surface area contributed by atoms with Crippen LogP contribution in [0.1, 0.15) is 31.9 Å². The average Bonchev–Trinajstić information content (AvgIpc) is 3.02. The van der Waals surface area contributed by atoms with Crippen molar-refractivity contribution in [1.29, 1.82) is 0 Å². The Kier molecular flexibility index (Phi) is 1.71. The van der Waals surface area contributed by atoms with Crippen molar-refractivity contribution in [3.8, 4) is 0 Å². The van der Waals surface area contributed by atoms with Crippen molar-refractivity contribution in [3.05, 3.63) is 35.4 Å².